The van der Waals surface area contributed by atoms with Gasteiger partial charge < -0.3 is 18.9 Å². The maximum Gasteiger partial charge on any atom is 0.338 e. The first kappa shape index (κ1) is 19.0. The zero-order valence-corrected chi connectivity index (χ0v) is 14.0. The van der Waals surface area contributed by atoms with Gasteiger partial charge >= 0.3 is 5.97 Å². The Morgan fingerprint density at radius 1 is 1.52 bits per heavy atom. The van der Waals surface area contributed by atoms with Crippen molar-refractivity contribution < 1.29 is 23.7 Å². The van der Waals surface area contributed by atoms with Crippen LogP contribution < -0.4 is 0 Å². The zero-order chi connectivity index (χ0) is 18.1. The highest BCUT2D eigenvalue weighted by Crippen LogP contribution is 2.20. The minimum atomic E-state index is -0.867. The Kier molecular flexibility index (Phi) is 7.43. The van der Waals surface area contributed by atoms with E-state index < -0.39 is 18.3 Å². The van der Waals surface area contributed by atoms with Crippen molar-refractivity contribution in [2.45, 2.75) is 31.5 Å². The fraction of sp³-hybridized carbons (Fsp3) is 0.471. The molecule has 0 bridgehead atoms. The molecular weight excluding hydrogens is 326 g/mol. The van der Waals surface area contributed by atoms with E-state index in [2.05, 4.69) is 16.6 Å². The number of benzene rings is 1. The second-order valence-corrected chi connectivity index (χ2v) is 5.44. The summed E-state index contributed by atoms with van der Waals surface area (Å²) in [7, 11) is 0. The standard InChI is InChI=1S/C17H21N3O5/c1-3-9-22-17(25-15-11-23-12(15)2)14(19-20-18)10-24-16(21)13-7-5-4-6-8-13/h3-8,12,14-15,17H,1,9-11H2,2H3/t12-,14+,15?,17+/m1/s1. The number of ether oxygens (including phenoxy) is 4. The maximum absolute atomic E-state index is 12.1. The quantitative estimate of drug-likeness (QED) is 0.162. The number of hydrogen-bond acceptors (Lipinski definition) is 6. The number of hydrogen-bond donors (Lipinski definition) is 0. The summed E-state index contributed by atoms with van der Waals surface area (Å²) in [6.07, 6.45) is 0.443. The van der Waals surface area contributed by atoms with Gasteiger partial charge in [-0.3, -0.25) is 0 Å². The predicted molar refractivity (Wildman–Crippen MR) is 89.9 cm³/mol. The molecule has 25 heavy (non-hydrogen) atoms. The smallest absolute Gasteiger partial charge is 0.338 e. The number of carbonyl (C=O) groups is 1. The Hall–Kier alpha value is -2.38. The van der Waals surface area contributed by atoms with Crippen molar-refractivity contribution in [2.75, 3.05) is 19.8 Å². The molecule has 1 saturated heterocycles. The average molecular weight is 347 g/mol. The summed E-state index contributed by atoms with van der Waals surface area (Å²) in [5.74, 6) is -0.512. The first-order valence-electron chi connectivity index (χ1n) is 7.91. The third kappa shape index (κ3) is 5.58. The summed E-state index contributed by atoms with van der Waals surface area (Å²) in [6, 6.07) is 7.72. The summed E-state index contributed by atoms with van der Waals surface area (Å²) < 4.78 is 21.8. The fourth-order valence-corrected chi connectivity index (χ4v) is 2.14. The van der Waals surface area contributed by atoms with Crippen LogP contribution in [-0.2, 0) is 18.9 Å². The Balaban J connectivity index is 1.99. The van der Waals surface area contributed by atoms with Gasteiger partial charge in [-0.05, 0) is 24.6 Å². The minimum absolute atomic E-state index is 0.0755. The highest BCUT2D eigenvalue weighted by Gasteiger charge is 2.35. The molecule has 134 valence electrons. The summed E-state index contributed by atoms with van der Waals surface area (Å²) in [6.45, 7) is 5.93. The van der Waals surface area contributed by atoms with Crippen LogP contribution in [-0.4, -0.2) is 50.3 Å². The molecule has 1 aliphatic rings. The van der Waals surface area contributed by atoms with Crippen LogP contribution in [0.1, 0.15) is 17.3 Å². The molecule has 0 radical (unpaired) electrons. The van der Waals surface area contributed by atoms with Crippen molar-refractivity contribution in [3.05, 3.63) is 59.0 Å². The number of nitrogens with zero attached hydrogens (tertiary/aromatic N) is 3. The molecule has 0 aliphatic carbocycles. The van der Waals surface area contributed by atoms with E-state index in [1.54, 1.807) is 36.4 Å². The van der Waals surface area contributed by atoms with Crippen LogP contribution in [0, 0.1) is 0 Å². The second kappa shape index (κ2) is 9.80. The van der Waals surface area contributed by atoms with Crippen molar-refractivity contribution >= 4 is 5.97 Å². The summed E-state index contributed by atoms with van der Waals surface area (Å²) >= 11 is 0. The first-order chi connectivity index (χ1) is 12.2. The highest BCUT2D eigenvalue weighted by atomic mass is 16.7. The third-order valence-corrected chi connectivity index (χ3v) is 3.64. The highest BCUT2D eigenvalue weighted by molar-refractivity contribution is 5.89. The van der Waals surface area contributed by atoms with Crippen LogP contribution in [0.4, 0.5) is 0 Å². The van der Waals surface area contributed by atoms with Crippen molar-refractivity contribution in [3.8, 4) is 0 Å². The molecule has 0 amide bonds. The SMILES string of the molecule is C=CCO[C@@H](OC1CO[C@@H]1C)[C@H](COC(=O)c1ccccc1)N=[N+]=[N-]. The van der Waals surface area contributed by atoms with E-state index in [9.17, 15) is 4.79 Å². The van der Waals surface area contributed by atoms with Gasteiger partial charge in [0, 0.05) is 4.91 Å². The molecule has 1 heterocycles. The molecule has 1 fully saturated rings. The van der Waals surface area contributed by atoms with Crippen molar-refractivity contribution in [1.29, 1.82) is 0 Å². The zero-order valence-electron chi connectivity index (χ0n) is 14.0. The van der Waals surface area contributed by atoms with E-state index >= 15 is 0 Å². The summed E-state index contributed by atoms with van der Waals surface area (Å²) in [5, 5.41) is 3.66. The van der Waals surface area contributed by atoms with Crippen molar-refractivity contribution in [2.24, 2.45) is 5.11 Å². The van der Waals surface area contributed by atoms with Gasteiger partial charge in [-0.1, -0.05) is 29.4 Å². The molecule has 0 aromatic heterocycles. The second-order valence-electron chi connectivity index (χ2n) is 5.44. The van der Waals surface area contributed by atoms with Crippen LogP contribution in [0.2, 0.25) is 0 Å². The molecule has 1 unspecified atom stereocenters. The predicted octanol–water partition coefficient (Wildman–Crippen LogP) is 2.85. The van der Waals surface area contributed by atoms with Gasteiger partial charge in [0.1, 0.15) is 18.8 Å². The van der Waals surface area contributed by atoms with E-state index in [0.717, 1.165) is 0 Å². The van der Waals surface area contributed by atoms with Gasteiger partial charge in [0.15, 0.2) is 6.29 Å². The molecule has 2 rings (SSSR count). The van der Waals surface area contributed by atoms with Crippen LogP contribution in [0.25, 0.3) is 10.4 Å². The molecule has 8 nitrogen and oxygen atoms in total. The Labute approximate surface area is 145 Å². The van der Waals surface area contributed by atoms with Gasteiger partial charge in [0.05, 0.1) is 24.9 Å². The molecule has 8 heteroatoms. The Morgan fingerprint density at radius 2 is 2.28 bits per heavy atom. The van der Waals surface area contributed by atoms with Crippen LogP contribution in [0.5, 0.6) is 0 Å². The van der Waals surface area contributed by atoms with Gasteiger partial charge in [-0.15, -0.1) is 6.58 Å². The van der Waals surface area contributed by atoms with Crippen LogP contribution in [0.3, 0.4) is 0 Å². The number of rotatable bonds is 10. The molecule has 0 saturated carbocycles. The lowest BCUT2D eigenvalue weighted by atomic mass is 10.1. The average Bonchev–Trinajstić information content (AvgIpc) is 2.64. The molecule has 4 atom stereocenters. The van der Waals surface area contributed by atoms with Gasteiger partial charge in [0.2, 0.25) is 0 Å². The van der Waals surface area contributed by atoms with E-state index in [1.165, 1.54) is 0 Å². The van der Waals surface area contributed by atoms with E-state index in [-0.39, 0.29) is 25.4 Å². The molecule has 1 aliphatic heterocycles. The first-order valence-corrected chi connectivity index (χ1v) is 7.91. The molecule has 0 N–H and O–H groups in total. The number of esters is 1. The van der Waals surface area contributed by atoms with Crippen LogP contribution in [0.15, 0.2) is 48.1 Å². The molecule has 1 aromatic carbocycles. The van der Waals surface area contributed by atoms with E-state index in [1.807, 2.05) is 6.92 Å². The van der Waals surface area contributed by atoms with E-state index in [4.69, 9.17) is 24.5 Å². The van der Waals surface area contributed by atoms with E-state index in [0.29, 0.717) is 12.2 Å². The Morgan fingerprint density at radius 3 is 2.84 bits per heavy atom. The van der Waals surface area contributed by atoms with Gasteiger partial charge in [0.25, 0.3) is 0 Å². The van der Waals surface area contributed by atoms with Crippen molar-refractivity contribution in [1.82, 2.24) is 0 Å². The topological polar surface area (TPSA) is 103 Å². The van der Waals surface area contributed by atoms with Gasteiger partial charge in [-0.2, -0.15) is 0 Å². The Bertz CT molecular complexity index is 618. The van der Waals surface area contributed by atoms with Crippen LogP contribution >= 0.6 is 0 Å². The molecule has 0 spiro atoms. The minimum Gasteiger partial charge on any atom is -0.461 e. The third-order valence-electron chi connectivity index (χ3n) is 3.64. The lowest BCUT2D eigenvalue weighted by Gasteiger charge is -2.37. The largest absolute Gasteiger partial charge is 0.461 e. The number of azide groups is 1. The van der Waals surface area contributed by atoms with Gasteiger partial charge in [-0.25, -0.2) is 4.79 Å². The molecule has 1 aromatic rings. The summed E-state index contributed by atoms with van der Waals surface area (Å²) in [5.41, 5.74) is 9.22. The molecular formula is C17H21N3O5. The summed E-state index contributed by atoms with van der Waals surface area (Å²) in [4.78, 5) is 14.9. The normalized spacial score (nSPS) is 21.3. The maximum atomic E-state index is 12.1. The van der Waals surface area contributed by atoms with Crippen molar-refractivity contribution in [3.63, 3.8) is 0 Å². The lowest BCUT2D eigenvalue weighted by Crippen LogP contribution is -2.49. The lowest BCUT2D eigenvalue weighted by molar-refractivity contribution is -0.259. The fourth-order valence-electron chi connectivity index (χ4n) is 2.14. The number of carbonyl (C=O) groups excluding carboxylic acids is 1. The monoisotopic (exact) mass is 347 g/mol.